The van der Waals surface area contributed by atoms with Crippen LogP contribution in [0.25, 0.3) is 6.08 Å². The minimum Gasteiger partial charge on any atom is -0.504 e. The first-order valence-corrected chi connectivity index (χ1v) is 8.24. The Bertz CT molecular complexity index is 954. The predicted molar refractivity (Wildman–Crippen MR) is 97.8 cm³/mol. The van der Waals surface area contributed by atoms with Crippen LogP contribution in [-0.4, -0.2) is 30.1 Å². The molecular weight excluding hydrogens is 404 g/mol. The van der Waals surface area contributed by atoms with Crippen LogP contribution in [0, 0.1) is 0 Å². The van der Waals surface area contributed by atoms with Gasteiger partial charge in [-0.05, 0) is 42.0 Å². The number of imide groups is 2. The van der Waals surface area contributed by atoms with Crippen molar-refractivity contribution in [3.8, 4) is 11.5 Å². The van der Waals surface area contributed by atoms with E-state index >= 15 is 0 Å². The number of halogens is 1. The Morgan fingerprint density at radius 3 is 2.62 bits per heavy atom. The van der Waals surface area contributed by atoms with Gasteiger partial charge in [-0.1, -0.05) is 28.1 Å². The average molecular weight is 417 g/mol. The minimum atomic E-state index is -0.821. The van der Waals surface area contributed by atoms with E-state index in [2.05, 4.69) is 21.2 Å². The highest BCUT2D eigenvalue weighted by Crippen LogP contribution is 2.29. The summed E-state index contributed by atoms with van der Waals surface area (Å²) in [5.74, 6) is -1.41. The number of nitrogens with zero attached hydrogens (tertiary/aromatic N) is 1. The maximum atomic E-state index is 12.8. The molecule has 132 valence electrons. The number of hydrogen-bond donors (Lipinski definition) is 2. The van der Waals surface area contributed by atoms with Crippen molar-refractivity contribution in [3.63, 3.8) is 0 Å². The minimum absolute atomic E-state index is 0.0694. The van der Waals surface area contributed by atoms with Crippen LogP contribution < -0.4 is 15.0 Å². The van der Waals surface area contributed by atoms with Crippen molar-refractivity contribution in [1.82, 2.24) is 5.32 Å². The Labute approximate surface area is 157 Å². The molecule has 8 heteroatoms. The van der Waals surface area contributed by atoms with Crippen molar-refractivity contribution >= 4 is 45.5 Å². The van der Waals surface area contributed by atoms with Crippen LogP contribution >= 0.6 is 15.9 Å². The smallest absolute Gasteiger partial charge is 0.335 e. The van der Waals surface area contributed by atoms with Gasteiger partial charge < -0.3 is 9.84 Å². The first kappa shape index (κ1) is 17.7. The van der Waals surface area contributed by atoms with Crippen LogP contribution in [0.1, 0.15) is 5.56 Å². The summed E-state index contributed by atoms with van der Waals surface area (Å²) in [6, 6.07) is 10.2. The van der Waals surface area contributed by atoms with Gasteiger partial charge in [-0.15, -0.1) is 0 Å². The molecule has 2 N–H and O–H groups in total. The van der Waals surface area contributed by atoms with E-state index in [9.17, 15) is 19.5 Å². The molecule has 0 unspecified atom stereocenters. The van der Waals surface area contributed by atoms with E-state index in [4.69, 9.17) is 4.74 Å². The van der Waals surface area contributed by atoms with Crippen molar-refractivity contribution in [2.24, 2.45) is 0 Å². The van der Waals surface area contributed by atoms with Crippen LogP contribution in [0.4, 0.5) is 10.5 Å². The van der Waals surface area contributed by atoms with Gasteiger partial charge in [0.1, 0.15) is 5.57 Å². The zero-order valence-electron chi connectivity index (χ0n) is 13.5. The number of amides is 4. The molecule has 2 aromatic carbocycles. The zero-order chi connectivity index (χ0) is 18.8. The van der Waals surface area contributed by atoms with Crippen LogP contribution in [-0.2, 0) is 9.59 Å². The third-order valence-electron chi connectivity index (χ3n) is 3.68. The van der Waals surface area contributed by atoms with Crippen molar-refractivity contribution in [1.29, 1.82) is 0 Å². The summed E-state index contributed by atoms with van der Waals surface area (Å²) in [7, 11) is 1.39. The Morgan fingerprint density at radius 2 is 1.92 bits per heavy atom. The number of phenolic OH excluding ortho intramolecular Hbond substituents is 1. The summed E-state index contributed by atoms with van der Waals surface area (Å²) in [5, 5.41) is 11.8. The van der Waals surface area contributed by atoms with Crippen molar-refractivity contribution in [2.45, 2.75) is 0 Å². The van der Waals surface area contributed by atoms with E-state index in [1.54, 1.807) is 24.3 Å². The maximum absolute atomic E-state index is 12.8. The lowest BCUT2D eigenvalue weighted by atomic mass is 10.1. The van der Waals surface area contributed by atoms with Gasteiger partial charge in [0.05, 0.1) is 12.8 Å². The molecule has 4 amide bonds. The standard InChI is InChI=1S/C18H13BrN2O5/c1-26-15-8-10(5-6-14(15)22)7-13-16(23)20-18(25)21(17(13)24)12-4-2-3-11(19)9-12/h2-9,22H,1H3,(H,20,23,25)/b13-7-. The molecule has 0 aliphatic carbocycles. The number of urea groups is 1. The number of anilines is 1. The lowest BCUT2D eigenvalue weighted by Gasteiger charge is -2.26. The zero-order valence-corrected chi connectivity index (χ0v) is 15.1. The number of barbiturate groups is 1. The summed E-state index contributed by atoms with van der Waals surface area (Å²) in [6.45, 7) is 0. The first-order chi connectivity index (χ1) is 12.4. The van der Waals surface area contributed by atoms with Gasteiger partial charge in [0.25, 0.3) is 11.8 Å². The fourth-order valence-corrected chi connectivity index (χ4v) is 2.84. The highest BCUT2D eigenvalue weighted by atomic mass is 79.9. The molecule has 0 spiro atoms. The number of rotatable bonds is 3. The van der Waals surface area contributed by atoms with E-state index in [0.29, 0.717) is 15.7 Å². The number of benzene rings is 2. The lowest BCUT2D eigenvalue weighted by molar-refractivity contribution is -0.122. The van der Waals surface area contributed by atoms with Crippen LogP contribution in [0.15, 0.2) is 52.5 Å². The molecule has 3 rings (SSSR count). The first-order valence-electron chi connectivity index (χ1n) is 7.44. The summed E-state index contributed by atoms with van der Waals surface area (Å²) in [5.41, 5.74) is 0.572. The van der Waals surface area contributed by atoms with Crippen LogP contribution in [0.3, 0.4) is 0 Å². The van der Waals surface area contributed by atoms with Gasteiger partial charge in [0, 0.05) is 4.47 Å². The number of nitrogens with one attached hydrogen (secondary N) is 1. The van der Waals surface area contributed by atoms with Gasteiger partial charge >= 0.3 is 6.03 Å². The molecule has 1 saturated heterocycles. The van der Waals surface area contributed by atoms with Crippen molar-refractivity contribution in [3.05, 3.63) is 58.1 Å². The Hall–Kier alpha value is -3.13. The topological polar surface area (TPSA) is 95.9 Å². The fourth-order valence-electron chi connectivity index (χ4n) is 2.46. The van der Waals surface area contributed by atoms with Gasteiger partial charge in [-0.25, -0.2) is 9.69 Å². The summed E-state index contributed by atoms with van der Waals surface area (Å²) in [4.78, 5) is 37.9. The van der Waals surface area contributed by atoms with Gasteiger partial charge in [-0.3, -0.25) is 14.9 Å². The van der Waals surface area contributed by atoms with E-state index in [0.717, 1.165) is 4.90 Å². The maximum Gasteiger partial charge on any atom is 0.335 e. The number of carbonyl (C=O) groups is 3. The molecular formula is C18H13BrN2O5. The predicted octanol–water partition coefficient (Wildman–Crippen LogP) is 2.83. The SMILES string of the molecule is COc1cc(/C=C2/C(=O)NC(=O)N(c3cccc(Br)c3)C2=O)ccc1O. The monoisotopic (exact) mass is 416 g/mol. The molecule has 7 nitrogen and oxygen atoms in total. The Kier molecular flexibility index (Phi) is 4.77. The summed E-state index contributed by atoms with van der Waals surface area (Å²) >= 11 is 3.28. The molecule has 2 aromatic rings. The number of hydrogen-bond acceptors (Lipinski definition) is 5. The van der Waals surface area contributed by atoms with Gasteiger partial charge in [0.2, 0.25) is 0 Å². The normalized spacial score (nSPS) is 16.0. The molecule has 1 aliphatic heterocycles. The second kappa shape index (κ2) is 7.01. The molecule has 1 aliphatic rings. The fraction of sp³-hybridized carbons (Fsp3) is 0.0556. The molecule has 26 heavy (non-hydrogen) atoms. The van der Waals surface area contributed by atoms with Gasteiger partial charge in [0.15, 0.2) is 11.5 Å². The molecule has 1 heterocycles. The molecule has 0 aromatic heterocycles. The summed E-state index contributed by atoms with van der Waals surface area (Å²) < 4.78 is 5.70. The Morgan fingerprint density at radius 1 is 1.15 bits per heavy atom. The summed E-state index contributed by atoms with van der Waals surface area (Å²) in [6.07, 6.45) is 1.33. The van der Waals surface area contributed by atoms with Crippen LogP contribution in [0.5, 0.6) is 11.5 Å². The van der Waals surface area contributed by atoms with E-state index in [1.165, 1.54) is 31.4 Å². The highest BCUT2D eigenvalue weighted by molar-refractivity contribution is 9.10. The Balaban J connectivity index is 2.03. The van der Waals surface area contributed by atoms with Gasteiger partial charge in [-0.2, -0.15) is 0 Å². The molecule has 0 radical (unpaired) electrons. The lowest BCUT2D eigenvalue weighted by Crippen LogP contribution is -2.54. The average Bonchev–Trinajstić information content (AvgIpc) is 2.60. The second-order valence-corrected chi connectivity index (χ2v) is 6.28. The van der Waals surface area contributed by atoms with Crippen molar-refractivity contribution in [2.75, 3.05) is 12.0 Å². The molecule has 1 fully saturated rings. The van der Waals surface area contributed by atoms with E-state index in [-0.39, 0.29) is 17.1 Å². The second-order valence-electron chi connectivity index (χ2n) is 5.37. The number of ether oxygens (including phenoxy) is 1. The number of phenols is 1. The molecule has 0 bridgehead atoms. The highest BCUT2D eigenvalue weighted by Gasteiger charge is 2.36. The molecule has 0 atom stereocenters. The van der Waals surface area contributed by atoms with E-state index in [1.807, 2.05) is 0 Å². The third-order valence-corrected chi connectivity index (χ3v) is 4.18. The largest absolute Gasteiger partial charge is 0.504 e. The molecule has 0 saturated carbocycles. The van der Waals surface area contributed by atoms with Crippen LogP contribution in [0.2, 0.25) is 0 Å². The third kappa shape index (κ3) is 3.31. The number of aromatic hydroxyl groups is 1. The quantitative estimate of drug-likeness (QED) is 0.592. The van der Waals surface area contributed by atoms with Crippen molar-refractivity contribution < 1.29 is 24.2 Å². The van der Waals surface area contributed by atoms with E-state index < -0.39 is 17.8 Å². The number of carbonyl (C=O) groups excluding carboxylic acids is 3. The number of methoxy groups -OCH3 is 1.